The molecule has 1 aliphatic heterocycles. The number of ether oxygens (including phenoxy) is 1. The summed E-state index contributed by atoms with van der Waals surface area (Å²) >= 11 is 0. The van der Waals surface area contributed by atoms with Gasteiger partial charge in [0.15, 0.2) is 0 Å². The van der Waals surface area contributed by atoms with Gasteiger partial charge in [-0.2, -0.15) is 0 Å². The second-order valence-corrected chi connectivity index (χ2v) is 9.45. The van der Waals surface area contributed by atoms with Crippen molar-refractivity contribution in [2.45, 2.75) is 19.4 Å². The third kappa shape index (κ3) is 4.80. The summed E-state index contributed by atoms with van der Waals surface area (Å²) in [4.78, 5) is 17.1. The molecule has 0 saturated carbocycles. The molecule has 1 atom stereocenters. The molecule has 8 nitrogen and oxygen atoms in total. The van der Waals surface area contributed by atoms with Crippen LogP contribution in [0, 0.1) is 5.92 Å². The second-order valence-electron chi connectivity index (χ2n) is 7.46. The first-order valence-electron chi connectivity index (χ1n) is 9.80. The summed E-state index contributed by atoms with van der Waals surface area (Å²) in [6.07, 6.45) is 6.36. The summed E-state index contributed by atoms with van der Waals surface area (Å²) in [5.41, 5.74) is 2.27. The van der Waals surface area contributed by atoms with Crippen LogP contribution in [0.4, 0.5) is 5.69 Å². The van der Waals surface area contributed by atoms with Crippen LogP contribution in [0.15, 0.2) is 54.9 Å². The van der Waals surface area contributed by atoms with Crippen molar-refractivity contribution in [3.05, 3.63) is 60.6 Å². The molecule has 4 rings (SSSR count). The molecule has 1 N–H and O–H groups in total. The number of amides is 1. The zero-order chi connectivity index (χ0) is 21.1. The molecule has 1 unspecified atom stereocenters. The lowest BCUT2D eigenvalue weighted by Gasteiger charge is -2.30. The van der Waals surface area contributed by atoms with Crippen molar-refractivity contribution < 1.29 is 17.9 Å². The Morgan fingerprint density at radius 1 is 1.27 bits per heavy atom. The van der Waals surface area contributed by atoms with Gasteiger partial charge in [-0.1, -0.05) is 12.1 Å². The summed E-state index contributed by atoms with van der Waals surface area (Å²) in [5.74, 6) is 0.0723. The van der Waals surface area contributed by atoms with Crippen LogP contribution in [0.5, 0.6) is 5.75 Å². The fraction of sp³-hybridized carbons (Fsp3) is 0.333. The van der Waals surface area contributed by atoms with E-state index in [1.165, 1.54) is 10.6 Å². The van der Waals surface area contributed by atoms with Crippen LogP contribution >= 0.6 is 0 Å². The quantitative estimate of drug-likeness (QED) is 0.651. The number of hydrogen-bond donors (Lipinski definition) is 1. The highest BCUT2D eigenvalue weighted by atomic mass is 32.2. The number of nitrogens with one attached hydrogen (secondary N) is 1. The predicted molar refractivity (Wildman–Crippen MR) is 114 cm³/mol. The monoisotopic (exact) mass is 428 g/mol. The lowest BCUT2D eigenvalue weighted by Crippen LogP contribution is -2.43. The standard InChI is InChI=1S/C21H24N4O4S/c1-30(27,28)25-11-5-6-16(13-25)21(26)23-17-7-4-8-19(12-17)29-15-18-14-24-10-3-2-9-20(24)22-18/h2-4,7-10,12,14,16H,5-6,11,13,15H2,1H3,(H,23,26). The van der Waals surface area contributed by atoms with Gasteiger partial charge >= 0.3 is 0 Å². The predicted octanol–water partition coefficient (Wildman–Crippen LogP) is 2.52. The number of benzene rings is 1. The van der Waals surface area contributed by atoms with Crippen LogP contribution < -0.4 is 10.1 Å². The van der Waals surface area contributed by atoms with Crippen LogP contribution in [-0.4, -0.2) is 47.4 Å². The topological polar surface area (TPSA) is 93.0 Å². The summed E-state index contributed by atoms with van der Waals surface area (Å²) < 4.78 is 32.7. The normalized spacial score (nSPS) is 17.7. The van der Waals surface area contributed by atoms with Gasteiger partial charge in [0.1, 0.15) is 18.0 Å². The van der Waals surface area contributed by atoms with Crippen LogP contribution in [0.2, 0.25) is 0 Å². The van der Waals surface area contributed by atoms with E-state index in [2.05, 4.69) is 10.3 Å². The third-order valence-electron chi connectivity index (χ3n) is 5.13. The lowest BCUT2D eigenvalue weighted by molar-refractivity contribution is -0.120. The van der Waals surface area contributed by atoms with Crippen molar-refractivity contribution >= 4 is 27.3 Å². The van der Waals surface area contributed by atoms with Gasteiger partial charge in [-0.3, -0.25) is 4.79 Å². The van der Waals surface area contributed by atoms with E-state index in [-0.39, 0.29) is 18.4 Å². The molecule has 3 heterocycles. The molecular formula is C21H24N4O4S. The lowest BCUT2D eigenvalue weighted by atomic mass is 9.98. The molecule has 1 amide bonds. The van der Waals surface area contributed by atoms with Gasteiger partial charge in [0.25, 0.3) is 0 Å². The van der Waals surface area contributed by atoms with E-state index in [0.29, 0.717) is 37.4 Å². The van der Waals surface area contributed by atoms with E-state index in [9.17, 15) is 13.2 Å². The summed E-state index contributed by atoms with van der Waals surface area (Å²) in [7, 11) is -3.29. The molecular weight excluding hydrogens is 404 g/mol. The number of rotatable bonds is 6. The van der Waals surface area contributed by atoms with E-state index in [1.807, 2.05) is 41.1 Å². The molecule has 1 saturated heterocycles. The SMILES string of the molecule is CS(=O)(=O)N1CCCC(C(=O)Nc2cccc(OCc3cn4ccccc4n3)c2)C1. The first-order chi connectivity index (χ1) is 14.4. The molecule has 1 aliphatic rings. The van der Waals surface area contributed by atoms with E-state index in [1.54, 1.807) is 18.2 Å². The average Bonchev–Trinajstić information content (AvgIpc) is 3.15. The van der Waals surface area contributed by atoms with Gasteiger partial charge < -0.3 is 14.5 Å². The molecule has 0 bridgehead atoms. The zero-order valence-electron chi connectivity index (χ0n) is 16.7. The van der Waals surface area contributed by atoms with Crippen molar-refractivity contribution in [3.8, 4) is 5.75 Å². The van der Waals surface area contributed by atoms with E-state index in [4.69, 9.17) is 4.74 Å². The van der Waals surface area contributed by atoms with E-state index < -0.39 is 10.0 Å². The van der Waals surface area contributed by atoms with E-state index in [0.717, 1.165) is 11.3 Å². The molecule has 1 aromatic carbocycles. The third-order valence-corrected chi connectivity index (χ3v) is 6.40. The number of carbonyl (C=O) groups excluding carboxylic acids is 1. The maximum Gasteiger partial charge on any atom is 0.228 e. The molecule has 9 heteroatoms. The smallest absolute Gasteiger partial charge is 0.228 e. The number of aromatic nitrogens is 2. The summed E-state index contributed by atoms with van der Waals surface area (Å²) in [6.45, 7) is 0.995. The number of anilines is 1. The minimum absolute atomic E-state index is 0.180. The minimum Gasteiger partial charge on any atom is -0.487 e. The van der Waals surface area contributed by atoms with Crippen molar-refractivity contribution in [1.82, 2.24) is 13.7 Å². The van der Waals surface area contributed by atoms with Crippen LogP contribution in [0.3, 0.4) is 0 Å². The van der Waals surface area contributed by atoms with Gasteiger partial charge in [0, 0.05) is 37.2 Å². The molecule has 0 spiro atoms. The maximum atomic E-state index is 12.6. The Hall–Kier alpha value is -2.91. The Morgan fingerprint density at radius 3 is 2.93 bits per heavy atom. The first-order valence-corrected chi connectivity index (χ1v) is 11.6. The average molecular weight is 429 g/mol. The van der Waals surface area contributed by atoms with Crippen molar-refractivity contribution in [1.29, 1.82) is 0 Å². The highest BCUT2D eigenvalue weighted by molar-refractivity contribution is 7.88. The highest BCUT2D eigenvalue weighted by Crippen LogP contribution is 2.23. The Bertz CT molecular complexity index is 1130. The largest absolute Gasteiger partial charge is 0.487 e. The fourth-order valence-electron chi connectivity index (χ4n) is 3.58. The van der Waals surface area contributed by atoms with E-state index >= 15 is 0 Å². The van der Waals surface area contributed by atoms with Gasteiger partial charge in [0.05, 0.1) is 17.9 Å². The van der Waals surface area contributed by atoms with Crippen LogP contribution in [-0.2, 0) is 21.4 Å². The van der Waals surface area contributed by atoms with Gasteiger partial charge in [-0.15, -0.1) is 0 Å². The van der Waals surface area contributed by atoms with Gasteiger partial charge in [-0.25, -0.2) is 17.7 Å². The molecule has 0 radical (unpaired) electrons. The fourth-order valence-corrected chi connectivity index (χ4v) is 4.49. The van der Waals surface area contributed by atoms with Crippen molar-refractivity contribution in [2.75, 3.05) is 24.7 Å². The minimum atomic E-state index is -3.29. The Balaban J connectivity index is 1.37. The molecule has 158 valence electrons. The molecule has 1 fully saturated rings. The first kappa shape index (κ1) is 20.4. The van der Waals surface area contributed by atoms with Crippen molar-refractivity contribution in [2.24, 2.45) is 5.92 Å². The summed E-state index contributed by atoms with van der Waals surface area (Å²) in [6, 6.07) is 13.0. The molecule has 2 aromatic heterocycles. The van der Waals surface area contributed by atoms with Crippen LogP contribution in [0.1, 0.15) is 18.5 Å². The number of hydrogen-bond acceptors (Lipinski definition) is 5. The number of pyridine rings is 1. The maximum absolute atomic E-state index is 12.6. The number of imidazole rings is 1. The molecule has 3 aromatic rings. The van der Waals surface area contributed by atoms with Crippen LogP contribution in [0.25, 0.3) is 5.65 Å². The van der Waals surface area contributed by atoms with Gasteiger partial charge in [0.2, 0.25) is 15.9 Å². The number of carbonyl (C=O) groups is 1. The number of fused-ring (bicyclic) bond motifs is 1. The van der Waals surface area contributed by atoms with Crippen molar-refractivity contribution in [3.63, 3.8) is 0 Å². The molecule has 30 heavy (non-hydrogen) atoms. The molecule has 0 aliphatic carbocycles. The Kier molecular flexibility index (Phi) is 5.74. The number of sulfonamides is 1. The summed E-state index contributed by atoms with van der Waals surface area (Å²) in [5, 5.41) is 2.88. The van der Waals surface area contributed by atoms with Gasteiger partial charge in [-0.05, 0) is 37.1 Å². The number of piperidine rings is 1. The number of nitrogens with zero attached hydrogens (tertiary/aromatic N) is 3. The highest BCUT2D eigenvalue weighted by Gasteiger charge is 2.30. The second kappa shape index (κ2) is 8.45. The zero-order valence-corrected chi connectivity index (χ0v) is 17.5. The Labute approximate surface area is 175 Å². The Morgan fingerprint density at radius 2 is 2.13 bits per heavy atom.